The molecule has 1 heterocycles. The molecule has 0 unspecified atom stereocenters. The van der Waals surface area contributed by atoms with Gasteiger partial charge >= 0.3 is 0 Å². The standard InChI is InChI=1S/C21H21FN6O/c1-12(23)18(6-4-14-5-7-19(25)27-11-14)20(28-13(2)24)15-8-16(21(29)26-3)10-17(22)9-15/h5,7-11H,2,23-24H2,1,3H3,(H2,25,27)(H,26,29)/b18-12-,28-20?. The largest absolute Gasteiger partial charge is 0.401 e. The Bertz CT molecular complexity index is 1070. The first-order valence-corrected chi connectivity index (χ1v) is 8.47. The van der Waals surface area contributed by atoms with E-state index in [2.05, 4.69) is 33.7 Å². The van der Waals surface area contributed by atoms with Gasteiger partial charge in [0, 0.05) is 35.6 Å². The number of nitrogens with one attached hydrogen (secondary N) is 1. The number of amides is 1. The van der Waals surface area contributed by atoms with Crippen LogP contribution in [-0.4, -0.2) is 23.7 Å². The van der Waals surface area contributed by atoms with Gasteiger partial charge in [0.25, 0.3) is 5.91 Å². The number of benzene rings is 1. The number of hydrogen-bond acceptors (Lipinski definition) is 6. The lowest BCUT2D eigenvalue weighted by Gasteiger charge is -2.11. The maximum Gasteiger partial charge on any atom is 0.251 e. The van der Waals surface area contributed by atoms with Gasteiger partial charge in [0.1, 0.15) is 17.5 Å². The number of carbonyl (C=O) groups is 1. The van der Waals surface area contributed by atoms with Crippen molar-refractivity contribution in [3.8, 4) is 11.8 Å². The van der Waals surface area contributed by atoms with Crippen LogP contribution in [0, 0.1) is 17.7 Å². The Morgan fingerprint density at radius 1 is 1.24 bits per heavy atom. The molecule has 1 aromatic heterocycles. The molecule has 0 radical (unpaired) electrons. The Morgan fingerprint density at radius 3 is 2.48 bits per heavy atom. The number of pyridine rings is 1. The number of nitrogens with two attached hydrogens (primary N) is 3. The number of aliphatic imine (C=N–C) groups is 1. The van der Waals surface area contributed by atoms with E-state index in [-0.39, 0.29) is 22.7 Å². The number of hydrogen-bond donors (Lipinski definition) is 4. The third kappa shape index (κ3) is 5.68. The van der Waals surface area contributed by atoms with Crippen molar-refractivity contribution in [1.29, 1.82) is 0 Å². The van der Waals surface area contributed by atoms with Gasteiger partial charge in [-0.2, -0.15) is 0 Å². The topological polar surface area (TPSA) is 132 Å². The fourth-order valence-electron chi connectivity index (χ4n) is 2.37. The summed E-state index contributed by atoms with van der Waals surface area (Å²) in [4.78, 5) is 20.1. The molecule has 0 saturated heterocycles. The van der Waals surface area contributed by atoms with E-state index in [1.807, 2.05) is 0 Å². The first-order valence-electron chi connectivity index (χ1n) is 8.47. The molecule has 0 aliphatic carbocycles. The molecule has 2 aromatic rings. The highest BCUT2D eigenvalue weighted by Gasteiger charge is 2.16. The molecule has 7 nitrogen and oxygen atoms in total. The summed E-state index contributed by atoms with van der Waals surface area (Å²) < 4.78 is 14.2. The van der Waals surface area contributed by atoms with Gasteiger partial charge in [0.05, 0.1) is 11.3 Å². The monoisotopic (exact) mass is 392 g/mol. The minimum atomic E-state index is -0.624. The number of halogens is 1. The number of aromatic nitrogens is 1. The Labute approximate surface area is 168 Å². The summed E-state index contributed by atoms with van der Waals surface area (Å²) in [5.74, 6) is 5.08. The fraction of sp³-hybridized carbons (Fsp3) is 0.0952. The molecule has 2 rings (SSSR count). The van der Waals surface area contributed by atoms with Crippen molar-refractivity contribution in [1.82, 2.24) is 10.3 Å². The first kappa shape index (κ1) is 21.2. The molecule has 0 fully saturated rings. The van der Waals surface area contributed by atoms with E-state index in [1.165, 1.54) is 25.4 Å². The highest BCUT2D eigenvalue weighted by atomic mass is 19.1. The molecule has 0 saturated carbocycles. The normalized spacial score (nSPS) is 11.8. The molecule has 0 aliphatic rings. The van der Waals surface area contributed by atoms with Crippen LogP contribution in [0.1, 0.15) is 28.4 Å². The number of rotatable bonds is 4. The molecule has 8 heteroatoms. The van der Waals surface area contributed by atoms with Gasteiger partial charge in [-0.05, 0) is 37.3 Å². The molecular weight excluding hydrogens is 371 g/mol. The van der Waals surface area contributed by atoms with Crippen molar-refractivity contribution >= 4 is 17.4 Å². The lowest BCUT2D eigenvalue weighted by Crippen LogP contribution is -2.19. The molecule has 0 spiro atoms. The quantitative estimate of drug-likeness (QED) is 0.464. The number of anilines is 1. The Kier molecular flexibility index (Phi) is 6.71. The van der Waals surface area contributed by atoms with Gasteiger partial charge in [0.2, 0.25) is 0 Å². The fourth-order valence-corrected chi connectivity index (χ4v) is 2.37. The van der Waals surface area contributed by atoms with Crippen LogP contribution < -0.4 is 22.5 Å². The van der Waals surface area contributed by atoms with Crippen molar-refractivity contribution in [2.45, 2.75) is 6.92 Å². The number of nitrogen functional groups attached to an aromatic ring is 1. The SMILES string of the molecule is C=C(N)N=C(/C(C#Cc1ccc(N)nc1)=C(/C)N)c1cc(F)cc(C(=O)NC)c1. The van der Waals surface area contributed by atoms with Crippen LogP contribution in [0.2, 0.25) is 0 Å². The second kappa shape index (κ2) is 9.19. The third-order valence-corrected chi connectivity index (χ3v) is 3.67. The van der Waals surface area contributed by atoms with Gasteiger partial charge in [-0.1, -0.05) is 18.4 Å². The minimum Gasteiger partial charge on any atom is -0.401 e. The van der Waals surface area contributed by atoms with E-state index in [0.29, 0.717) is 22.7 Å². The third-order valence-electron chi connectivity index (χ3n) is 3.67. The summed E-state index contributed by atoms with van der Waals surface area (Å²) in [6.07, 6.45) is 1.51. The van der Waals surface area contributed by atoms with Crippen LogP contribution in [0.3, 0.4) is 0 Å². The highest BCUT2D eigenvalue weighted by molar-refractivity contribution is 6.17. The van der Waals surface area contributed by atoms with Gasteiger partial charge in [-0.3, -0.25) is 4.79 Å². The van der Waals surface area contributed by atoms with Crippen molar-refractivity contribution in [3.05, 3.63) is 82.7 Å². The molecule has 7 N–H and O–H groups in total. The van der Waals surface area contributed by atoms with Gasteiger partial charge < -0.3 is 22.5 Å². The van der Waals surface area contributed by atoms with Crippen molar-refractivity contribution in [2.24, 2.45) is 16.5 Å². The van der Waals surface area contributed by atoms with Crippen molar-refractivity contribution in [3.63, 3.8) is 0 Å². The molecule has 0 aliphatic heterocycles. The van der Waals surface area contributed by atoms with Crippen LogP contribution in [0.15, 0.2) is 65.2 Å². The molecule has 29 heavy (non-hydrogen) atoms. The van der Waals surface area contributed by atoms with Gasteiger partial charge in [-0.25, -0.2) is 14.4 Å². The van der Waals surface area contributed by atoms with Crippen molar-refractivity contribution in [2.75, 3.05) is 12.8 Å². The predicted molar refractivity (Wildman–Crippen MR) is 112 cm³/mol. The average molecular weight is 392 g/mol. The highest BCUT2D eigenvalue weighted by Crippen LogP contribution is 2.17. The summed E-state index contributed by atoms with van der Waals surface area (Å²) in [5, 5.41) is 2.45. The van der Waals surface area contributed by atoms with Crippen LogP contribution in [0.25, 0.3) is 0 Å². The lowest BCUT2D eigenvalue weighted by molar-refractivity contribution is 0.0962. The maximum absolute atomic E-state index is 14.2. The number of nitrogens with zero attached hydrogens (tertiary/aromatic N) is 2. The zero-order chi connectivity index (χ0) is 21.6. The molecule has 0 bridgehead atoms. The molecule has 1 amide bonds. The van der Waals surface area contributed by atoms with Gasteiger partial charge in [-0.15, -0.1) is 0 Å². The van der Waals surface area contributed by atoms with E-state index >= 15 is 0 Å². The predicted octanol–water partition coefficient (Wildman–Crippen LogP) is 1.67. The van der Waals surface area contributed by atoms with Crippen LogP contribution in [0.4, 0.5) is 10.2 Å². The van der Waals surface area contributed by atoms with Gasteiger partial charge in [0.15, 0.2) is 0 Å². The summed E-state index contributed by atoms with van der Waals surface area (Å²) in [6.45, 7) is 5.19. The lowest BCUT2D eigenvalue weighted by atomic mass is 9.98. The average Bonchev–Trinajstić information content (AvgIpc) is 2.67. The van der Waals surface area contributed by atoms with E-state index in [1.54, 1.807) is 19.1 Å². The second-order valence-electron chi connectivity index (χ2n) is 6.04. The van der Waals surface area contributed by atoms with Crippen LogP contribution >= 0.6 is 0 Å². The van der Waals surface area contributed by atoms with E-state index in [9.17, 15) is 9.18 Å². The minimum absolute atomic E-state index is 0.0274. The molecule has 148 valence electrons. The summed E-state index contributed by atoms with van der Waals surface area (Å²) in [5.41, 5.74) is 19.1. The zero-order valence-corrected chi connectivity index (χ0v) is 16.1. The summed E-state index contributed by atoms with van der Waals surface area (Å²) >= 11 is 0. The maximum atomic E-state index is 14.2. The number of carbonyl (C=O) groups excluding carboxylic acids is 1. The van der Waals surface area contributed by atoms with Crippen LogP contribution in [0.5, 0.6) is 0 Å². The zero-order valence-electron chi connectivity index (χ0n) is 16.1. The summed E-state index contributed by atoms with van der Waals surface area (Å²) in [7, 11) is 1.45. The molecular formula is C21H21FN6O. The first-order chi connectivity index (χ1) is 13.7. The van der Waals surface area contributed by atoms with E-state index in [0.717, 1.165) is 6.07 Å². The second-order valence-corrected chi connectivity index (χ2v) is 6.04. The van der Waals surface area contributed by atoms with Crippen molar-refractivity contribution < 1.29 is 9.18 Å². The Morgan fingerprint density at radius 2 is 1.93 bits per heavy atom. The Hall–Kier alpha value is -4.12. The van der Waals surface area contributed by atoms with E-state index < -0.39 is 11.7 Å². The van der Waals surface area contributed by atoms with Crippen LogP contribution in [-0.2, 0) is 0 Å². The number of allylic oxidation sites excluding steroid dienone is 2. The summed E-state index contributed by atoms with van der Waals surface area (Å²) in [6, 6.07) is 7.11. The van der Waals surface area contributed by atoms with E-state index in [4.69, 9.17) is 17.2 Å². The molecule has 0 atom stereocenters. The molecule has 1 aromatic carbocycles. The smallest absolute Gasteiger partial charge is 0.251 e. The Balaban J connectivity index is 2.63.